The Balaban J connectivity index is 2.13. The number of benzene rings is 3. The van der Waals surface area contributed by atoms with Gasteiger partial charge in [-0.2, -0.15) is 5.26 Å². The van der Waals surface area contributed by atoms with Gasteiger partial charge in [0, 0.05) is 13.0 Å². The molecule has 3 aromatic carbocycles. The van der Waals surface area contributed by atoms with Gasteiger partial charge in [-0.1, -0.05) is 119 Å². The quantitative estimate of drug-likeness (QED) is 0.252. The number of hydrogen-bond acceptors (Lipinski definition) is 4. The summed E-state index contributed by atoms with van der Waals surface area (Å²) in [4.78, 5) is 0. The predicted octanol–water partition coefficient (Wildman–Crippen LogP) is 5.84. The second-order valence-corrected chi connectivity index (χ2v) is 14.2. The van der Waals surface area contributed by atoms with Crippen molar-refractivity contribution in [1.82, 2.24) is 0 Å². The first-order valence-electron chi connectivity index (χ1n) is 12.2. The summed E-state index contributed by atoms with van der Waals surface area (Å²) in [5.41, 5.74) is 1.05. The Morgan fingerprint density at radius 1 is 0.829 bits per heavy atom. The standard InChI is InChI=1S/C30H37NO3Si/c1-24(29(33-23-32-5)25-15-9-6-10-16-25)28(21-22-31)34-35(30(2,3)4,26-17-11-7-12-18-26)27-19-13-8-14-20-27/h6-20,24,28-29H,21,23H2,1-5H3/t24-,28+,29+/m1/s1. The van der Waals surface area contributed by atoms with Gasteiger partial charge in [0.15, 0.2) is 0 Å². The molecule has 0 radical (unpaired) electrons. The highest BCUT2D eigenvalue weighted by molar-refractivity contribution is 6.99. The van der Waals surface area contributed by atoms with Gasteiger partial charge in [0.2, 0.25) is 0 Å². The lowest BCUT2D eigenvalue weighted by Gasteiger charge is -2.46. The normalized spacial score (nSPS) is 14.6. The summed E-state index contributed by atoms with van der Waals surface area (Å²) < 4.78 is 18.8. The zero-order valence-corrected chi connectivity index (χ0v) is 22.5. The molecule has 184 valence electrons. The van der Waals surface area contributed by atoms with Crippen LogP contribution in [0.15, 0.2) is 91.0 Å². The van der Waals surface area contributed by atoms with E-state index in [0.29, 0.717) is 0 Å². The monoisotopic (exact) mass is 487 g/mol. The smallest absolute Gasteiger partial charge is 0.261 e. The molecule has 0 aliphatic heterocycles. The highest BCUT2D eigenvalue weighted by atomic mass is 28.4. The maximum atomic E-state index is 9.87. The number of hydrogen-bond donors (Lipinski definition) is 0. The second kappa shape index (κ2) is 12.3. The van der Waals surface area contributed by atoms with Crippen molar-refractivity contribution in [1.29, 1.82) is 5.26 Å². The summed E-state index contributed by atoms with van der Waals surface area (Å²) in [6, 6.07) is 33.6. The van der Waals surface area contributed by atoms with E-state index in [2.05, 4.69) is 94.4 Å². The predicted molar refractivity (Wildman–Crippen MR) is 144 cm³/mol. The lowest BCUT2D eigenvalue weighted by Crippen LogP contribution is -2.68. The van der Waals surface area contributed by atoms with E-state index in [-0.39, 0.29) is 36.4 Å². The van der Waals surface area contributed by atoms with E-state index in [0.717, 1.165) is 5.56 Å². The summed E-state index contributed by atoms with van der Waals surface area (Å²) in [6.07, 6.45) is -0.341. The highest BCUT2D eigenvalue weighted by Gasteiger charge is 2.52. The maximum absolute atomic E-state index is 9.87. The van der Waals surface area contributed by atoms with Crippen LogP contribution in [0.1, 0.15) is 45.8 Å². The highest BCUT2D eigenvalue weighted by Crippen LogP contribution is 2.40. The van der Waals surface area contributed by atoms with Gasteiger partial charge in [-0.15, -0.1) is 0 Å². The van der Waals surface area contributed by atoms with Gasteiger partial charge in [-0.3, -0.25) is 0 Å². The average Bonchev–Trinajstić information content (AvgIpc) is 2.87. The van der Waals surface area contributed by atoms with Crippen molar-refractivity contribution >= 4 is 18.7 Å². The van der Waals surface area contributed by atoms with Crippen molar-refractivity contribution in [2.45, 2.75) is 51.4 Å². The fourth-order valence-corrected chi connectivity index (χ4v) is 9.64. The largest absolute Gasteiger partial charge is 0.403 e. The molecule has 0 unspecified atom stereocenters. The minimum absolute atomic E-state index is 0.0890. The Labute approximate surface area is 211 Å². The number of nitriles is 1. The Morgan fingerprint density at radius 2 is 1.31 bits per heavy atom. The molecule has 0 amide bonds. The number of methoxy groups -OCH3 is 1. The van der Waals surface area contributed by atoms with Crippen molar-refractivity contribution < 1.29 is 13.9 Å². The fourth-order valence-electron chi connectivity index (χ4n) is 4.87. The molecule has 0 spiro atoms. The first-order valence-corrected chi connectivity index (χ1v) is 14.1. The van der Waals surface area contributed by atoms with Gasteiger partial charge in [0.25, 0.3) is 8.32 Å². The van der Waals surface area contributed by atoms with Crippen molar-refractivity contribution in [3.63, 3.8) is 0 Å². The topological polar surface area (TPSA) is 51.5 Å². The van der Waals surface area contributed by atoms with Crippen LogP contribution in [0.4, 0.5) is 0 Å². The van der Waals surface area contributed by atoms with Crippen LogP contribution in [0.5, 0.6) is 0 Å². The minimum atomic E-state index is -2.83. The van der Waals surface area contributed by atoms with Crippen molar-refractivity contribution in [3.05, 3.63) is 96.6 Å². The molecule has 5 heteroatoms. The van der Waals surface area contributed by atoms with Crippen molar-refractivity contribution in [2.75, 3.05) is 13.9 Å². The molecular formula is C30H37NO3Si. The molecule has 4 nitrogen and oxygen atoms in total. The molecule has 0 heterocycles. The third-order valence-corrected chi connectivity index (χ3v) is 11.7. The molecule has 0 fully saturated rings. The Kier molecular flexibility index (Phi) is 9.42. The summed E-state index contributed by atoms with van der Waals surface area (Å²) in [5.74, 6) is -0.0890. The van der Waals surface area contributed by atoms with E-state index >= 15 is 0 Å². The molecular weight excluding hydrogens is 450 g/mol. The zero-order chi connectivity index (χ0) is 25.3. The van der Waals surface area contributed by atoms with E-state index in [9.17, 15) is 5.26 Å². The molecule has 0 N–H and O–H groups in total. The van der Waals surface area contributed by atoms with Crippen LogP contribution in [-0.2, 0) is 13.9 Å². The summed E-state index contributed by atoms with van der Waals surface area (Å²) in [7, 11) is -1.21. The first kappa shape index (κ1) is 26.8. The molecule has 0 bridgehead atoms. The van der Waals surface area contributed by atoms with Gasteiger partial charge >= 0.3 is 0 Å². The van der Waals surface area contributed by atoms with Crippen LogP contribution in [-0.4, -0.2) is 28.3 Å². The lowest BCUT2D eigenvalue weighted by molar-refractivity contribution is -0.106. The number of rotatable bonds is 11. The molecule has 0 saturated heterocycles. The second-order valence-electron chi connectivity index (χ2n) is 9.95. The van der Waals surface area contributed by atoms with E-state index in [4.69, 9.17) is 13.9 Å². The van der Waals surface area contributed by atoms with Crippen molar-refractivity contribution in [3.8, 4) is 6.07 Å². The SMILES string of the molecule is COCO[C@H](c1ccccc1)[C@H](C)[C@H](CC#N)O[Si](c1ccccc1)(c1ccccc1)C(C)(C)C. The fraction of sp³-hybridized carbons (Fsp3) is 0.367. The Morgan fingerprint density at radius 3 is 1.74 bits per heavy atom. The van der Waals surface area contributed by atoms with Crippen LogP contribution in [0, 0.1) is 17.2 Å². The van der Waals surface area contributed by atoms with Crippen LogP contribution in [0.2, 0.25) is 5.04 Å². The van der Waals surface area contributed by atoms with Crippen LogP contribution in [0.25, 0.3) is 0 Å². The van der Waals surface area contributed by atoms with Gasteiger partial charge in [0.1, 0.15) is 6.79 Å². The first-order chi connectivity index (χ1) is 16.8. The van der Waals surface area contributed by atoms with E-state index in [1.165, 1.54) is 10.4 Å². The zero-order valence-electron chi connectivity index (χ0n) is 21.5. The summed E-state index contributed by atoms with van der Waals surface area (Å²) in [6.45, 7) is 9.05. The molecule has 3 atom stereocenters. The molecule has 0 aliphatic rings. The number of nitrogens with zero attached hydrogens (tertiary/aromatic N) is 1. The van der Waals surface area contributed by atoms with Gasteiger partial charge in [0.05, 0.1) is 24.7 Å². The Bertz CT molecular complexity index is 1020. The van der Waals surface area contributed by atoms with Crippen molar-refractivity contribution in [2.24, 2.45) is 5.92 Å². The number of ether oxygens (including phenoxy) is 2. The van der Waals surface area contributed by atoms with E-state index in [1.54, 1.807) is 7.11 Å². The minimum Gasteiger partial charge on any atom is -0.403 e. The average molecular weight is 488 g/mol. The third-order valence-electron chi connectivity index (χ3n) is 6.59. The summed E-state index contributed by atoms with van der Waals surface area (Å²) >= 11 is 0. The van der Waals surface area contributed by atoms with Gasteiger partial charge in [-0.25, -0.2) is 0 Å². The lowest BCUT2D eigenvalue weighted by atomic mass is 9.91. The van der Waals surface area contributed by atoms with E-state index in [1.807, 2.05) is 30.3 Å². The van der Waals surface area contributed by atoms with Crippen LogP contribution < -0.4 is 10.4 Å². The molecule has 3 rings (SSSR count). The van der Waals surface area contributed by atoms with E-state index < -0.39 is 8.32 Å². The Hall–Kier alpha value is -2.75. The molecule has 3 aromatic rings. The molecule has 0 aromatic heterocycles. The summed E-state index contributed by atoms with van der Waals surface area (Å²) in [5, 5.41) is 12.1. The maximum Gasteiger partial charge on any atom is 0.261 e. The van der Waals surface area contributed by atoms with Gasteiger partial charge < -0.3 is 13.9 Å². The van der Waals surface area contributed by atoms with Crippen LogP contribution >= 0.6 is 0 Å². The van der Waals surface area contributed by atoms with Crippen LogP contribution in [0.3, 0.4) is 0 Å². The molecule has 0 saturated carbocycles. The molecule has 0 aliphatic carbocycles. The van der Waals surface area contributed by atoms with Gasteiger partial charge in [-0.05, 0) is 21.0 Å². The molecule has 35 heavy (non-hydrogen) atoms. The third kappa shape index (κ3) is 6.09.